The van der Waals surface area contributed by atoms with Crippen LogP contribution in [0.5, 0.6) is 0 Å². The second kappa shape index (κ2) is 42.1. The Bertz CT molecular complexity index is 1640. The van der Waals surface area contributed by atoms with Gasteiger partial charge in [-0.05, 0) is 57.8 Å². The summed E-state index contributed by atoms with van der Waals surface area (Å²) < 4.78 is 46.6. The van der Waals surface area contributed by atoms with E-state index >= 15 is 0 Å². The third-order valence-electron chi connectivity index (χ3n) is 11.2. The van der Waals surface area contributed by atoms with Gasteiger partial charge in [-0.2, -0.15) is 0 Å². The predicted molar refractivity (Wildman–Crippen MR) is 247 cm³/mol. The molecule has 0 amide bonds. The van der Waals surface area contributed by atoms with Gasteiger partial charge in [-0.3, -0.25) is 43.2 Å². The van der Waals surface area contributed by atoms with Crippen molar-refractivity contribution in [1.29, 1.82) is 0 Å². The largest absolute Gasteiger partial charge is 0.463 e. The Morgan fingerprint density at radius 2 is 0.405 bits per heavy atom. The zero-order valence-electron chi connectivity index (χ0n) is 42.2. The second-order valence-corrected chi connectivity index (χ2v) is 16.8. The molecule has 0 aliphatic heterocycles. The van der Waals surface area contributed by atoms with Crippen molar-refractivity contribution in [3.05, 3.63) is 0 Å². The van der Waals surface area contributed by atoms with Gasteiger partial charge in [-0.25, -0.2) is 0 Å². The van der Waals surface area contributed by atoms with E-state index in [1.807, 2.05) is 0 Å². The lowest BCUT2D eigenvalue weighted by atomic mass is 9.77. The summed E-state index contributed by atoms with van der Waals surface area (Å²) in [5.74, 6) is -22.0. The minimum atomic E-state index is -1.63. The van der Waals surface area contributed by atoms with Gasteiger partial charge in [0.2, 0.25) is 0 Å². The number of ether oxygens (including phenoxy) is 9. The van der Waals surface area contributed by atoms with Crippen LogP contribution in [0.3, 0.4) is 0 Å². The number of rotatable bonds is 44. The Labute approximate surface area is 428 Å². The fraction of sp³-hybridized carbons (Fsp3) is 0.809. The molecule has 74 heavy (non-hydrogen) atoms. The maximum Gasteiger partial charge on any atom is 0.309 e. The highest BCUT2D eigenvalue weighted by Crippen LogP contribution is 2.36. The lowest BCUT2D eigenvalue weighted by molar-refractivity contribution is -0.160. The molecule has 0 aromatic heterocycles. The number of hydrogen-bond donors (Lipinski definition) is 9. The molecule has 0 fully saturated rings. The summed E-state index contributed by atoms with van der Waals surface area (Å²) in [6.07, 6.45) is -4.30. The van der Waals surface area contributed by atoms with Crippen LogP contribution in [-0.2, 0) is 85.8 Å². The van der Waals surface area contributed by atoms with Crippen LogP contribution in [-0.4, -0.2) is 219 Å². The zero-order valence-corrected chi connectivity index (χ0v) is 42.2. The van der Waals surface area contributed by atoms with E-state index in [-0.39, 0.29) is 32.5 Å². The van der Waals surface area contributed by atoms with Gasteiger partial charge in [0, 0.05) is 0 Å². The summed E-state index contributed by atoms with van der Waals surface area (Å²) in [7, 11) is 0. The molecule has 27 nitrogen and oxygen atoms in total. The molecule has 0 aromatic carbocycles. The van der Waals surface area contributed by atoms with Crippen molar-refractivity contribution >= 4 is 53.7 Å². The molecular weight excluding hydrogens is 996 g/mol. The molecule has 27 heteroatoms. The van der Waals surface area contributed by atoms with Crippen LogP contribution in [0.2, 0.25) is 0 Å². The fourth-order valence-electron chi connectivity index (χ4n) is 7.78. The summed E-state index contributed by atoms with van der Waals surface area (Å²) >= 11 is 0. The quantitative estimate of drug-likeness (QED) is 0.0216. The number of carbonyl (C=O) groups excluding carboxylic acids is 9. The molecule has 0 aliphatic carbocycles. The van der Waals surface area contributed by atoms with Crippen molar-refractivity contribution < 1.29 is 132 Å². The van der Waals surface area contributed by atoms with Crippen LogP contribution in [0.15, 0.2) is 0 Å². The SMILES string of the molecule is CCC(CC(CC(CC(CC(CC(CC(CC(CC(C)C(=O)OCCO)C(=O)OCCO)C(=O)OCCO)C(=O)OCCO)C(=O)OCCO)C(=O)OCCO)C(=O)OCCO)C(=O)OCCO)C(=O)OCCO. The molecule has 428 valence electrons. The van der Waals surface area contributed by atoms with E-state index in [1.54, 1.807) is 6.92 Å². The Balaban J connectivity index is 7.80. The third kappa shape index (κ3) is 28.5. The van der Waals surface area contributed by atoms with Crippen LogP contribution in [0.25, 0.3) is 0 Å². The average Bonchev–Trinajstić information content (AvgIpc) is 3.39. The van der Waals surface area contributed by atoms with E-state index in [2.05, 4.69) is 0 Å². The highest BCUT2D eigenvalue weighted by molar-refractivity contribution is 5.81. The number of hydrogen-bond acceptors (Lipinski definition) is 27. The minimum Gasteiger partial charge on any atom is -0.463 e. The molecule has 0 saturated heterocycles. The first kappa shape index (κ1) is 68.9. The van der Waals surface area contributed by atoms with Crippen LogP contribution < -0.4 is 0 Å². The lowest BCUT2D eigenvalue weighted by Gasteiger charge is -2.29. The van der Waals surface area contributed by atoms with Crippen molar-refractivity contribution in [2.24, 2.45) is 53.3 Å². The van der Waals surface area contributed by atoms with Gasteiger partial charge in [0.15, 0.2) is 0 Å². The van der Waals surface area contributed by atoms with Gasteiger partial charge in [-0.15, -0.1) is 0 Å². The lowest BCUT2D eigenvalue weighted by Crippen LogP contribution is -2.36. The Morgan fingerprint density at radius 1 is 0.257 bits per heavy atom. The van der Waals surface area contributed by atoms with Gasteiger partial charge in [-0.1, -0.05) is 13.8 Å². The standard InChI is InChI=1S/C47H78O27/c1-3-31(40(58)67-14-5-49)23-33(42(60)69-16-7-51)25-35(44(62)71-18-9-53)27-37(46(64)73-20-11-55)29-38(47(65)74-21-12-56)28-36(45(63)72-19-10-54)26-34(43(61)70-17-8-52)24-32(41(59)68-15-6-50)22-30(2)39(57)66-13-4-48/h30-38,48-56H,3-29H2,1-2H3. The molecule has 0 heterocycles. The van der Waals surface area contributed by atoms with Crippen molar-refractivity contribution in [1.82, 2.24) is 0 Å². The number of esters is 9. The van der Waals surface area contributed by atoms with Gasteiger partial charge in [0.25, 0.3) is 0 Å². The van der Waals surface area contributed by atoms with Crippen LogP contribution in [0.4, 0.5) is 0 Å². The summed E-state index contributed by atoms with van der Waals surface area (Å²) in [5.41, 5.74) is 0. The summed E-state index contributed by atoms with van der Waals surface area (Å²) in [6.45, 7) is -7.42. The molecule has 0 aliphatic rings. The van der Waals surface area contributed by atoms with Gasteiger partial charge in [0.1, 0.15) is 59.5 Å². The highest BCUT2D eigenvalue weighted by Gasteiger charge is 2.42. The first-order valence-electron chi connectivity index (χ1n) is 24.4. The zero-order chi connectivity index (χ0) is 55.8. The Kier molecular flexibility index (Phi) is 39.2. The average molecular weight is 1080 g/mol. The summed E-state index contributed by atoms with van der Waals surface area (Å²) in [4.78, 5) is 122. The van der Waals surface area contributed by atoms with Crippen molar-refractivity contribution in [2.45, 2.75) is 71.6 Å². The number of aliphatic hydroxyl groups excluding tert-OH is 9. The summed E-state index contributed by atoms with van der Waals surface area (Å²) in [5, 5.41) is 84.9. The first-order valence-corrected chi connectivity index (χ1v) is 24.4. The highest BCUT2D eigenvalue weighted by atomic mass is 16.6. The normalized spacial score (nSPS) is 14.8. The topological polar surface area (TPSA) is 419 Å². The van der Waals surface area contributed by atoms with E-state index in [9.17, 15) is 84.0 Å². The number of carbonyl (C=O) groups is 9. The minimum absolute atomic E-state index is 0.0942. The molecule has 0 aromatic rings. The molecule has 0 saturated carbocycles. The fourth-order valence-corrected chi connectivity index (χ4v) is 7.78. The number of aliphatic hydroxyl groups is 9. The van der Waals surface area contributed by atoms with E-state index < -0.39 is 251 Å². The predicted octanol–water partition coefficient (Wildman–Crippen LogP) is -3.10. The van der Waals surface area contributed by atoms with Crippen LogP contribution >= 0.6 is 0 Å². The van der Waals surface area contributed by atoms with E-state index in [4.69, 9.17) is 47.7 Å². The van der Waals surface area contributed by atoms with Gasteiger partial charge >= 0.3 is 53.7 Å². The maximum absolute atomic E-state index is 14.0. The third-order valence-corrected chi connectivity index (χ3v) is 11.2. The van der Waals surface area contributed by atoms with E-state index in [0.29, 0.717) is 0 Å². The van der Waals surface area contributed by atoms with Crippen molar-refractivity contribution in [2.75, 3.05) is 119 Å². The molecular formula is C47H78O27. The molecule has 0 rings (SSSR count). The van der Waals surface area contributed by atoms with Gasteiger partial charge < -0.3 is 88.6 Å². The molecule has 9 atom stereocenters. The molecule has 9 N–H and O–H groups in total. The summed E-state index contributed by atoms with van der Waals surface area (Å²) in [6, 6.07) is 0. The van der Waals surface area contributed by atoms with Crippen molar-refractivity contribution in [3.63, 3.8) is 0 Å². The van der Waals surface area contributed by atoms with E-state index in [1.165, 1.54) is 6.92 Å². The molecule has 9 unspecified atom stereocenters. The molecule has 0 bridgehead atoms. The Morgan fingerprint density at radius 3 is 0.581 bits per heavy atom. The van der Waals surface area contributed by atoms with Crippen LogP contribution in [0, 0.1) is 53.3 Å². The molecule has 0 spiro atoms. The van der Waals surface area contributed by atoms with Gasteiger partial charge in [0.05, 0.1) is 113 Å². The monoisotopic (exact) mass is 1070 g/mol. The van der Waals surface area contributed by atoms with E-state index in [0.717, 1.165) is 0 Å². The first-order chi connectivity index (χ1) is 35.5. The van der Waals surface area contributed by atoms with Crippen molar-refractivity contribution in [3.8, 4) is 0 Å². The Hall–Kier alpha value is -5.13. The maximum atomic E-state index is 14.0. The van der Waals surface area contributed by atoms with Crippen LogP contribution in [0.1, 0.15) is 71.6 Å². The smallest absolute Gasteiger partial charge is 0.309 e. The molecule has 0 radical (unpaired) electrons. The second-order valence-electron chi connectivity index (χ2n) is 16.8.